The first-order valence-corrected chi connectivity index (χ1v) is 6.79. The Morgan fingerprint density at radius 1 is 1.42 bits per heavy atom. The van der Waals surface area contributed by atoms with Crippen molar-refractivity contribution in [1.29, 1.82) is 0 Å². The maximum atomic E-state index is 11.8. The Balaban J connectivity index is 2.34. The Morgan fingerprint density at radius 2 is 2.16 bits per heavy atom. The van der Waals surface area contributed by atoms with Crippen LogP contribution >= 0.6 is 0 Å². The summed E-state index contributed by atoms with van der Waals surface area (Å²) in [6.07, 6.45) is 2.20. The molecule has 1 fully saturated rings. The SMILES string of the molecule is CCCCN1C[C@@H](C(=O)NCC(=O)OCC)CC1=O. The van der Waals surface area contributed by atoms with Crippen LogP contribution in [0.5, 0.6) is 0 Å². The minimum absolute atomic E-state index is 0.0183. The van der Waals surface area contributed by atoms with E-state index in [9.17, 15) is 14.4 Å². The van der Waals surface area contributed by atoms with Gasteiger partial charge in [-0.25, -0.2) is 0 Å². The van der Waals surface area contributed by atoms with Crippen molar-refractivity contribution in [3.63, 3.8) is 0 Å². The number of amides is 2. The number of esters is 1. The van der Waals surface area contributed by atoms with Crippen molar-refractivity contribution in [3.05, 3.63) is 0 Å². The van der Waals surface area contributed by atoms with Gasteiger partial charge in [0.1, 0.15) is 6.54 Å². The van der Waals surface area contributed by atoms with Crippen molar-refractivity contribution in [3.8, 4) is 0 Å². The van der Waals surface area contributed by atoms with E-state index in [1.54, 1.807) is 11.8 Å². The van der Waals surface area contributed by atoms with Crippen LogP contribution in [-0.4, -0.2) is 48.9 Å². The van der Waals surface area contributed by atoms with Gasteiger partial charge in [0.2, 0.25) is 11.8 Å². The smallest absolute Gasteiger partial charge is 0.325 e. The molecule has 0 saturated carbocycles. The quantitative estimate of drug-likeness (QED) is 0.676. The first-order valence-electron chi connectivity index (χ1n) is 6.79. The van der Waals surface area contributed by atoms with Crippen molar-refractivity contribution in [2.75, 3.05) is 26.2 Å². The predicted octanol–water partition coefficient (Wildman–Crippen LogP) is 0.314. The van der Waals surface area contributed by atoms with E-state index < -0.39 is 5.97 Å². The van der Waals surface area contributed by atoms with Gasteiger partial charge in [0.25, 0.3) is 0 Å². The molecule has 0 bridgehead atoms. The average molecular weight is 270 g/mol. The van der Waals surface area contributed by atoms with Crippen LogP contribution in [0, 0.1) is 5.92 Å². The van der Waals surface area contributed by atoms with Crippen molar-refractivity contribution in [2.45, 2.75) is 33.1 Å². The number of rotatable bonds is 7. The van der Waals surface area contributed by atoms with E-state index >= 15 is 0 Å². The molecular weight excluding hydrogens is 248 g/mol. The lowest BCUT2D eigenvalue weighted by atomic mass is 10.1. The molecule has 1 atom stereocenters. The average Bonchev–Trinajstić information content (AvgIpc) is 2.75. The Labute approximate surface area is 113 Å². The van der Waals surface area contributed by atoms with Crippen molar-refractivity contribution < 1.29 is 19.1 Å². The lowest BCUT2D eigenvalue weighted by molar-refractivity contribution is -0.143. The molecule has 0 aliphatic carbocycles. The van der Waals surface area contributed by atoms with E-state index in [1.165, 1.54) is 0 Å². The zero-order chi connectivity index (χ0) is 14.3. The number of nitrogens with one attached hydrogen (secondary N) is 1. The van der Waals surface area contributed by atoms with Gasteiger partial charge in [0, 0.05) is 19.5 Å². The number of likely N-dealkylation sites (tertiary alicyclic amines) is 1. The van der Waals surface area contributed by atoms with E-state index in [1.807, 2.05) is 0 Å². The third-order valence-electron chi connectivity index (χ3n) is 3.08. The summed E-state index contributed by atoms with van der Waals surface area (Å²) in [5.74, 6) is -1.04. The van der Waals surface area contributed by atoms with E-state index in [4.69, 9.17) is 4.74 Å². The molecule has 6 nitrogen and oxygen atoms in total. The molecule has 1 saturated heterocycles. The first-order chi connectivity index (χ1) is 9.08. The van der Waals surface area contributed by atoms with Crippen molar-refractivity contribution >= 4 is 17.8 Å². The van der Waals surface area contributed by atoms with Gasteiger partial charge in [-0.15, -0.1) is 0 Å². The number of carbonyl (C=O) groups excluding carboxylic acids is 3. The van der Waals surface area contributed by atoms with Crippen LogP contribution in [0.3, 0.4) is 0 Å². The highest BCUT2D eigenvalue weighted by Gasteiger charge is 2.33. The topological polar surface area (TPSA) is 75.7 Å². The summed E-state index contributed by atoms with van der Waals surface area (Å²) < 4.78 is 4.72. The van der Waals surface area contributed by atoms with Crippen molar-refractivity contribution in [2.24, 2.45) is 5.92 Å². The highest BCUT2D eigenvalue weighted by molar-refractivity contribution is 5.90. The lowest BCUT2D eigenvalue weighted by Gasteiger charge is -2.15. The van der Waals surface area contributed by atoms with Gasteiger partial charge in [0.05, 0.1) is 12.5 Å². The Bertz CT molecular complexity index is 344. The number of nitrogens with zero attached hydrogens (tertiary/aromatic N) is 1. The summed E-state index contributed by atoms with van der Waals surface area (Å²) >= 11 is 0. The van der Waals surface area contributed by atoms with Gasteiger partial charge in [0.15, 0.2) is 0 Å². The maximum Gasteiger partial charge on any atom is 0.325 e. The van der Waals surface area contributed by atoms with E-state index in [2.05, 4.69) is 12.2 Å². The fourth-order valence-corrected chi connectivity index (χ4v) is 2.03. The molecule has 0 aromatic heterocycles. The molecule has 6 heteroatoms. The molecule has 1 heterocycles. The fourth-order valence-electron chi connectivity index (χ4n) is 2.03. The lowest BCUT2D eigenvalue weighted by Crippen LogP contribution is -2.36. The van der Waals surface area contributed by atoms with Crippen LogP contribution in [0.4, 0.5) is 0 Å². The Kier molecular flexibility index (Phi) is 6.32. The third kappa shape index (κ3) is 4.89. The Morgan fingerprint density at radius 3 is 2.79 bits per heavy atom. The van der Waals surface area contributed by atoms with Gasteiger partial charge >= 0.3 is 5.97 Å². The second kappa shape index (κ2) is 7.76. The maximum absolute atomic E-state index is 11.8. The summed E-state index contributed by atoms with van der Waals surface area (Å²) in [5.41, 5.74) is 0. The summed E-state index contributed by atoms with van der Waals surface area (Å²) in [6.45, 7) is 5.09. The zero-order valence-corrected chi connectivity index (χ0v) is 11.6. The minimum atomic E-state index is -0.456. The van der Waals surface area contributed by atoms with Crippen molar-refractivity contribution in [1.82, 2.24) is 10.2 Å². The van der Waals surface area contributed by atoms with Gasteiger partial charge in [-0.3, -0.25) is 14.4 Å². The van der Waals surface area contributed by atoms with Crippen LogP contribution < -0.4 is 5.32 Å². The second-order valence-electron chi connectivity index (χ2n) is 4.62. The molecule has 0 spiro atoms. The predicted molar refractivity (Wildman–Crippen MR) is 69.2 cm³/mol. The van der Waals surface area contributed by atoms with Crippen LogP contribution in [0.2, 0.25) is 0 Å². The van der Waals surface area contributed by atoms with Crippen LogP contribution in [0.1, 0.15) is 33.1 Å². The van der Waals surface area contributed by atoms with Gasteiger partial charge in [-0.1, -0.05) is 13.3 Å². The molecule has 0 radical (unpaired) electrons. The fraction of sp³-hybridized carbons (Fsp3) is 0.769. The summed E-state index contributed by atoms with van der Waals surface area (Å²) in [7, 11) is 0. The summed E-state index contributed by atoms with van der Waals surface area (Å²) in [5, 5.41) is 2.51. The Hall–Kier alpha value is -1.59. The molecule has 1 rings (SSSR count). The number of unbranched alkanes of at least 4 members (excludes halogenated alkanes) is 1. The molecular formula is C13H22N2O4. The number of hydrogen-bond acceptors (Lipinski definition) is 4. The van der Waals surface area contributed by atoms with Gasteiger partial charge in [-0.2, -0.15) is 0 Å². The number of ether oxygens (including phenoxy) is 1. The van der Waals surface area contributed by atoms with E-state index in [-0.39, 0.29) is 30.7 Å². The molecule has 108 valence electrons. The van der Waals surface area contributed by atoms with E-state index in [0.717, 1.165) is 12.8 Å². The minimum Gasteiger partial charge on any atom is -0.465 e. The molecule has 0 unspecified atom stereocenters. The molecule has 1 N–H and O–H groups in total. The van der Waals surface area contributed by atoms with Gasteiger partial charge < -0.3 is 15.0 Å². The monoisotopic (exact) mass is 270 g/mol. The molecule has 0 aromatic carbocycles. The zero-order valence-electron chi connectivity index (χ0n) is 11.6. The standard InChI is InChI=1S/C13H22N2O4/c1-3-5-6-15-9-10(7-11(15)16)13(18)14-8-12(17)19-4-2/h10H,3-9H2,1-2H3,(H,14,18)/t10-/m0/s1. The second-order valence-corrected chi connectivity index (χ2v) is 4.62. The molecule has 1 aliphatic rings. The summed E-state index contributed by atoms with van der Waals surface area (Å²) in [4.78, 5) is 36.3. The first kappa shape index (κ1) is 15.5. The third-order valence-corrected chi connectivity index (χ3v) is 3.08. The molecule has 19 heavy (non-hydrogen) atoms. The largest absolute Gasteiger partial charge is 0.465 e. The van der Waals surface area contributed by atoms with Crippen LogP contribution in [-0.2, 0) is 19.1 Å². The van der Waals surface area contributed by atoms with Crippen LogP contribution in [0.15, 0.2) is 0 Å². The molecule has 1 aliphatic heterocycles. The molecule has 0 aromatic rings. The van der Waals surface area contributed by atoms with Crippen LogP contribution in [0.25, 0.3) is 0 Å². The normalized spacial score (nSPS) is 18.5. The number of carbonyl (C=O) groups is 3. The summed E-state index contributed by atoms with van der Waals surface area (Å²) in [6, 6.07) is 0. The highest BCUT2D eigenvalue weighted by atomic mass is 16.5. The van der Waals surface area contributed by atoms with E-state index in [0.29, 0.717) is 19.7 Å². The molecule has 2 amide bonds. The van der Waals surface area contributed by atoms with Gasteiger partial charge in [-0.05, 0) is 13.3 Å². The highest BCUT2D eigenvalue weighted by Crippen LogP contribution is 2.18. The number of hydrogen-bond donors (Lipinski definition) is 1.